The van der Waals surface area contributed by atoms with Crippen molar-refractivity contribution in [3.8, 4) is 0 Å². The molecular formula is C21H25F3N4O2. The van der Waals surface area contributed by atoms with Crippen LogP contribution in [0.15, 0.2) is 41.2 Å². The summed E-state index contributed by atoms with van der Waals surface area (Å²) in [7, 11) is 0. The third-order valence-corrected chi connectivity index (χ3v) is 5.95. The van der Waals surface area contributed by atoms with Crippen molar-refractivity contribution in [3.63, 3.8) is 0 Å². The molecule has 2 aliphatic heterocycles. The Bertz CT molecular complexity index is 957. The summed E-state index contributed by atoms with van der Waals surface area (Å²) < 4.78 is 49.2. The Kier molecular flexibility index (Phi) is 5.25. The maximum atomic E-state index is 14.2. The van der Waals surface area contributed by atoms with Gasteiger partial charge in [-0.25, -0.2) is 0 Å². The van der Waals surface area contributed by atoms with Crippen molar-refractivity contribution in [1.82, 2.24) is 9.55 Å². The highest BCUT2D eigenvalue weighted by atomic mass is 19.4. The summed E-state index contributed by atoms with van der Waals surface area (Å²) in [4.78, 5) is 20.5. The SMILES string of the molecule is CC(Cc1ccccc1)N1c2nc(N3CCOCC3)cc(=O)n2CC1(C)C(F)(F)F. The van der Waals surface area contributed by atoms with Gasteiger partial charge in [-0.15, -0.1) is 0 Å². The molecule has 1 fully saturated rings. The number of anilines is 2. The largest absolute Gasteiger partial charge is 0.413 e. The second kappa shape index (κ2) is 7.61. The number of halogens is 3. The number of ether oxygens (including phenoxy) is 1. The number of rotatable bonds is 4. The minimum atomic E-state index is -4.53. The normalized spacial score (nSPS) is 22.8. The van der Waals surface area contributed by atoms with Gasteiger partial charge >= 0.3 is 6.18 Å². The van der Waals surface area contributed by atoms with E-state index >= 15 is 0 Å². The van der Waals surface area contributed by atoms with E-state index in [-0.39, 0.29) is 5.95 Å². The van der Waals surface area contributed by atoms with Crippen LogP contribution in [0.1, 0.15) is 19.4 Å². The topological polar surface area (TPSA) is 50.6 Å². The maximum absolute atomic E-state index is 14.2. The summed E-state index contributed by atoms with van der Waals surface area (Å²) in [6, 6.07) is 10.2. The summed E-state index contributed by atoms with van der Waals surface area (Å²) in [5.41, 5.74) is -1.75. The molecule has 30 heavy (non-hydrogen) atoms. The molecule has 1 saturated heterocycles. The van der Waals surface area contributed by atoms with E-state index in [4.69, 9.17) is 4.74 Å². The van der Waals surface area contributed by atoms with Gasteiger partial charge in [-0.1, -0.05) is 30.3 Å². The molecule has 0 bridgehead atoms. The Morgan fingerprint density at radius 2 is 1.87 bits per heavy atom. The lowest BCUT2D eigenvalue weighted by Crippen LogP contribution is -2.59. The van der Waals surface area contributed by atoms with Crippen LogP contribution in [-0.4, -0.2) is 53.6 Å². The molecule has 1 aromatic heterocycles. The molecule has 0 saturated carbocycles. The molecule has 2 atom stereocenters. The molecule has 0 radical (unpaired) electrons. The van der Waals surface area contributed by atoms with Crippen LogP contribution in [0.2, 0.25) is 0 Å². The summed E-state index contributed by atoms with van der Waals surface area (Å²) in [6.07, 6.45) is -4.12. The molecule has 2 aromatic rings. The number of hydrogen-bond acceptors (Lipinski definition) is 5. The van der Waals surface area contributed by atoms with Gasteiger partial charge in [-0.05, 0) is 25.8 Å². The van der Waals surface area contributed by atoms with Crippen molar-refractivity contribution in [2.45, 2.75) is 44.6 Å². The highest BCUT2D eigenvalue weighted by Gasteiger charge is 2.61. The second-order valence-corrected chi connectivity index (χ2v) is 8.12. The summed E-state index contributed by atoms with van der Waals surface area (Å²) in [5.74, 6) is 0.477. The molecule has 2 unspecified atom stereocenters. The Morgan fingerprint density at radius 1 is 1.20 bits per heavy atom. The van der Waals surface area contributed by atoms with Gasteiger partial charge in [0.15, 0.2) is 5.54 Å². The molecule has 4 rings (SSSR count). The van der Waals surface area contributed by atoms with Crippen LogP contribution >= 0.6 is 0 Å². The van der Waals surface area contributed by atoms with Gasteiger partial charge < -0.3 is 14.5 Å². The molecule has 0 spiro atoms. The van der Waals surface area contributed by atoms with Crippen LogP contribution in [0.25, 0.3) is 0 Å². The number of fused-ring (bicyclic) bond motifs is 1. The standard InChI is InChI=1S/C21H25F3N4O2/c1-15(12-16-6-4-3-5-7-16)28-19-25-17(26-8-10-30-11-9-26)13-18(29)27(19)14-20(28,2)21(22,23)24/h3-7,13,15H,8-12,14H2,1-2H3. The third-order valence-electron chi connectivity index (χ3n) is 5.95. The molecule has 6 nitrogen and oxygen atoms in total. The number of alkyl halides is 3. The van der Waals surface area contributed by atoms with Crippen LogP contribution in [0.5, 0.6) is 0 Å². The molecular weight excluding hydrogens is 397 g/mol. The van der Waals surface area contributed by atoms with Crippen molar-refractivity contribution in [3.05, 3.63) is 52.3 Å². The van der Waals surface area contributed by atoms with Crippen LogP contribution in [0.3, 0.4) is 0 Å². The predicted molar refractivity (Wildman–Crippen MR) is 108 cm³/mol. The molecule has 162 valence electrons. The number of hydrogen-bond donors (Lipinski definition) is 0. The zero-order chi connectivity index (χ0) is 21.5. The zero-order valence-electron chi connectivity index (χ0n) is 17.0. The quantitative estimate of drug-likeness (QED) is 0.759. The van der Waals surface area contributed by atoms with E-state index in [0.717, 1.165) is 17.1 Å². The number of nitrogens with zero attached hydrogens (tertiary/aromatic N) is 4. The third kappa shape index (κ3) is 3.55. The number of benzene rings is 1. The van der Waals surface area contributed by atoms with Crippen LogP contribution in [-0.2, 0) is 17.7 Å². The highest BCUT2D eigenvalue weighted by molar-refractivity contribution is 5.51. The number of morpholine rings is 1. The van der Waals surface area contributed by atoms with E-state index < -0.39 is 29.9 Å². The van der Waals surface area contributed by atoms with Crippen molar-refractivity contribution in [2.75, 3.05) is 36.1 Å². The summed E-state index contributed by atoms with van der Waals surface area (Å²) in [6.45, 7) is 4.51. The second-order valence-electron chi connectivity index (χ2n) is 8.12. The Morgan fingerprint density at radius 3 is 2.50 bits per heavy atom. The fourth-order valence-corrected chi connectivity index (χ4v) is 4.33. The Hall–Kier alpha value is -2.55. The molecule has 1 aromatic carbocycles. The van der Waals surface area contributed by atoms with Crippen molar-refractivity contribution in [1.29, 1.82) is 0 Å². The first-order valence-corrected chi connectivity index (χ1v) is 10.1. The predicted octanol–water partition coefficient (Wildman–Crippen LogP) is 2.85. The van der Waals surface area contributed by atoms with Crippen molar-refractivity contribution >= 4 is 11.8 Å². The molecule has 9 heteroatoms. The van der Waals surface area contributed by atoms with Crippen LogP contribution in [0.4, 0.5) is 24.9 Å². The van der Waals surface area contributed by atoms with Gasteiger partial charge in [-0.2, -0.15) is 18.2 Å². The van der Waals surface area contributed by atoms with Crippen LogP contribution < -0.4 is 15.4 Å². The molecule has 0 amide bonds. The van der Waals surface area contributed by atoms with E-state index in [1.165, 1.54) is 11.0 Å². The molecule has 3 heterocycles. The maximum Gasteiger partial charge on any atom is 0.413 e. The Labute approximate surface area is 172 Å². The van der Waals surface area contributed by atoms with E-state index in [2.05, 4.69) is 4.98 Å². The minimum Gasteiger partial charge on any atom is -0.378 e. The van der Waals surface area contributed by atoms with Crippen molar-refractivity contribution < 1.29 is 17.9 Å². The first-order valence-electron chi connectivity index (χ1n) is 10.1. The molecule has 2 aliphatic rings. The lowest BCUT2D eigenvalue weighted by atomic mass is 9.96. The van der Waals surface area contributed by atoms with Crippen molar-refractivity contribution in [2.24, 2.45) is 0 Å². The summed E-state index contributed by atoms with van der Waals surface area (Å²) in [5, 5.41) is 0. The zero-order valence-corrected chi connectivity index (χ0v) is 17.0. The first-order chi connectivity index (χ1) is 14.2. The number of aromatic nitrogens is 2. The van der Waals surface area contributed by atoms with Gasteiger partial charge in [0.1, 0.15) is 5.82 Å². The van der Waals surface area contributed by atoms with E-state index in [1.54, 1.807) is 6.92 Å². The van der Waals surface area contributed by atoms with Gasteiger partial charge in [0.05, 0.1) is 19.8 Å². The monoisotopic (exact) mass is 422 g/mol. The van der Waals surface area contributed by atoms with Gasteiger partial charge in [0.2, 0.25) is 5.95 Å². The lowest BCUT2D eigenvalue weighted by molar-refractivity contribution is -0.183. The van der Waals surface area contributed by atoms with E-state index in [9.17, 15) is 18.0 Å². The highest BCUT2D eigenvalue weighted by Crippen LogP contribution is 2.44. The molecule has 0 N–H and O–H groups in total. The summed E-state index contributed by atoms with van der Waals surface area (Å²) >= 11 is 0. The average molecular weight is 422 g/mol. The minimum absolute atomic E-state index is 0.0762. The molecule has 0 aliphatic carbocycles. The van der Waals surface area contributed by atoms with Crippen LogP contribution in [0, 0.1) is 0 Å². The van der Waals surface area contributed by atoms with Gasteiger partial charge in [0, 0.05) is 25.2 Å². The van der Waals surface area contributed by atoms with E-state index in [0.29, 0.717) is 38.5 Å². The fraction of sp³-hybridized carbons (Fsp3) is 0.524. The lowest BCUT2D eigenvalue weighted by Gasteiger charge is -2.40. The van der Waals surface area contributed by atoms with E-state index in [1.807, 2.05) is 35.2 Å². The smallest absolute Gasteiger partial charge is 0.378 e. The average Bonchev–Trinajstić information content (AvgIpc) is 3.03. The fourth-order valence-electron chi connectivity index (χ4n) is 4.33. The Balaban J connectivity index is 1.77. The van der Waals surface area contributed by atoms with Gasteiger partial charge in [-0.3, -0.25) is 9.36 Å². The first kappa shape index (κ1) is 20.7. The van der Waals surface area contributed by atoms with Gasteiger partial charge in [0.25, 0.3) is 5.56 Å².